The number of phenolic OH excluding ortho intramolecular Hbond substituents is 1. The summed E-state index contributed by atoms with van der Waals surface area (Å²) in [5.74, 6) is -0.829. The molecular weight excluding hydrogens is 244 g/mol. The van der Waals surface area contributed by atoms with Crippen molar-refractivity contribution in [2.24, 2.45) is 11.7 Å². The second-order valence-electron chi connectivity index (χ2n) is 5.07. The summed E-state index contributed by atoms with van der Waals surface area (Å²) in [6, 6.07) is 4.82. The molecule has 0 saturated carbocycles. The second-order valence-corrected chi connectivity index (χ2v) is 5.07. The van der Waals surface area contributed by atoms with E-state index in [0.29, 0.717) is 6.54 Å². The molecule has 0 aliphatic carbocycles. The smallest absolute Gasteiger partial charge is 0.258 e. The minimum Gasteiger partial charge on any atom is -0.507 e. The Morgan fingerprint density at radius 3 is 2.47 bits per heavy atom. The lowest BCUT2D eigenvalue weighted by atomic mass is 10.1. The molecule has 5 nitrogen and oxygen atoms in total. The van der Waals surface area contributed by atoms with Gasteiger partial charge >= 0.3 is 0 Å². The number of carbonyl (C=O) groups excluding carboxylic acids is 2. The van der Waals surface area contributed by atoms with E-state index in [0.717, 1.165) is 5.56 Å². The number of carbonyl (C=O) groups is 2. The molecule has 0 unspecified atom stereocenters. The van der Waals surface area contributed by atoms with Crippen LogP contribution in [0.15, 0.2) is 18.2 Å². The molecule has 0 heterocycles. The molecule has 0 atom stereocenters. The van der Waals surface area contributed by atoms with Gasteiger partial charge in [-0.1, -0.05) is 19.9 Å². The number of nitrogens with two attached hydrogens (primary N) is 1. The quantitative estimate of drug-likeness (QED) is 0.840. The number of hydrogen-bond donors (Lipinski definition) is 2. The first-order chi connectivity index (χ1) is 8.81. The van der Waals surface area contributed by atoms with Crippen LogP contribution in [-0.2, 0) is 4.79 Å². The molecule has 0 bridgehead atoms. The fraction of sp³-hybridized carbons (Fsp3) is 0.429. The van der Waals surface area contributed by atoms with Crippen molar-refractivity contribution < 1.29 is 14.7 Å². The number of aryl methyl sites for hydroxylation is 1. The van der Waals surface area contributed by atoms with E-state index in [1.54, 1.807) is 12.1 Å². The Balaban J connectivity index is 3.00. The average molecular weight is 264 g/mol. The Morgan fingerprint density at radius 1 is 1.37 bits per heavy atom. The lowest BCUT2D eigenvalue weighted by Gasteiger charge is -2.23. The second kappa shape index (κ2) is 6.22. The lowest BCUT2D eigenvalue weighted by Crippen LogP contribution is -2.40. The van der Waals surface area contributed by atoms with Crippen LogP contribution in [0.5, 0.6) is 5.75 Å². The van der Waals surface area contributed by atoms with Gasteiger partial charge in [-0.15, -0.1) is 0 Å². The normalized spacial score (nSPS) is 10.5. The molecule has 0 aliphatic heterocycles. The van der Waals surface area contributed by atoms with Gasteiger partial charge in [-0.2, -0.15) is 0 Å². The fourth-order valence-corrected chi connectivity index (χ4v) is 1.84. The van der Waals surface area contributed by atoms with E-state index >= 15 is 0 Å². The molecule has 5 heteroatoms. The first kappa shape index (κ1) is 15.0. The summed E-state index contributed by atoms with van der Waals surface area (Å²) < 4.78 is 0. The molecule has 0 saturated heterocycles. The van der Waals surface area contributed by atoms with Gasteiger partial charge in [0.25, 0.3) is 5.91 Å². The molecule has 0 spiro atoms. The molecule has 0 radical (unpaired) electrons. The van der Waals surface area contributed by atoms with Crippen LogP contribution in [0.2, 0.25) is 0 Å². The molecule has 104 valence electrons. The van der Waals surface area contributed by atoms with Crippen molar-refractivity contribution in [3.63, 3.8) is 0 Å². The molecule has 1 aromatic rings. The SMILES string of the molecule is Cc1ccc(C(=O)N(CC(N)=O)CC(C)C)c(O)c1. The van der Waals surface area contributed by atoms with Crippen LogP contribution in [0.1, 0.15) is 29.8 Å². The number of aromatic hydroxyl groups is 1. The van der Waals surface area contributed by atoms with Gasteiger partial charge in [0.15, 0.2) is 0 Å². The predicted molar refractivity (Wildman–Crippen MR) is 72.8 cm³/mol. The summed E-state index contributed by atoms with van der Waals surface area (Å²) in [5.41, 5.74) is 6.20. The number of rotatable bonds is 5. The summed E-state index contributed by atoms with van der Waals surface area (Å²) >= 11 is 0. The number of benzene rings is 1. The fourth-order valence-electron chi connectivity index (χ4n) is 1.84. The van der Waals surface area contributed by atoms with E-state index in [2.05, 4.69) is 0 Å². The van der Waals surface area contributed by atoms with Gasteiger partial charge in [0, 0.05) is 6.54 Å². The van der Waals surface area contributed by atoms with Gasteiger partial charge in [-0.25, -0.2) is 0 Å². The van der Waals surface area contributed by atoms with E-state index in [1.807, 2.05) is 20.8 Å². The van der Waals surface area contributed by atoms with Gasteiger partial charge < -0.3 is 15.7 Å². The first-order valence-electron chi connectivity index (χ1n) is 6.18. The highest BCUT2D eigenvalue weighted by Crippen LogP contribution is 2.20. The zero-order valence-corrected chi connectivity index (χ0v) is 11.5. The van der Waals surface area contributed by atoms with Crippen molar-refractivity contribution in [1.29, 1.82) is 0 Å². The Bertz CT molecular complexity index is 484. The molecular formula is C14H20N2O3. The Morgan fingerprint density at radius 2 is 2.00 bits per heavy atom. The van der Waals surface area contributed by atoms with Crippen LogP contribution in [0, 0.1) is 12.8 Å². The molecule has 1 rings (SSSR count). The minimum absolute atomic E-state index is 0.0803. The van der Waals surface area contributed by atoms with Crippen molar-refractivity contribution in [2.75, 3.05) is 13.1 Å². The van der Waals surface area contributed by atoms with Crippen molar-refractivity contribution in [2.45, 2.75) is 20.8 Å². The molecule has 1 aromatic carbocycles. The number of amides is 2. The van der Waals surface area contributed by atoms with Crippen molar-refractivity contribution in [3.05, 3.63) is 29.3 Å². The van der Waals surface area contributed by atoms with Gasteiger partial charge in [0.2, 0.25) is 5.91 Å². The summed E-state index contributed by atoms with van der Waals surface area (Å²) in [4.78, 5) is 24.7. The third kappa shape index (κ3) is 4.28. The molecule has 0 fully saturated rings. The van der Waals surface area contributed by atoms with Crippen LogP contribution in [0.3, 0.4) is 0 Å². The largest absolute Gasteiger partial charge is 0.507 e. The van der Waals surface area contributed by atoms with Gasteiger partial charge in [-0.3, -0.25) is 9.59 Å². The molecule has 3 N–H and O–H groups in total. The maximum absolute atomic E-state index is 12.3. The Kier molecular flexibility index (Phi) is 4.92. The molecule has 0 aromatic heterocycles. The van der Waals surface area contributed by atoms with Gasteiger partial charge in [-0.05, 0) is 30.5 Å². The third-order valence-electron chi connectivity index (χ3n) is 2.60. The van der Waals surface area contributed by atoms with E-state index < -0.39 is 5.91 Å². The van der Waals surface area contributed by atoms with Crippen LogP contribution in [0.4, 0.5) is 0 Å². The van der Waals surface area contributed by atoms with E-state index in [9.17, 15) is 14.7 Å². The van der Waals surface area contributed by atoms with E-state index in [4.69, 9.17) is 5.73 Å². The summed E-state index contributed by atoms with van der Waals surface area (Å²) in [5, 5.41) is 9.82. The maximum Gasteiger partial charge on any atom is 0.258 e. The van der Waals surface area contributed by atoms with Crippen molar-refractivity contribution in [3.8, 4) is 5.75 Å². The Labute approximate surface area is 113 Å². The van der Waals surface area contributed by atoms with Crippen molar-refractivity contribution >= 4 is 11.8 Å². The molecule has 0 aliphatic rings. The van der Waals surface area contributed by atoms with Crippen LogP contribution in [0.25, 0.3) is 0 Å². The standard InChI is InChI=1S/C14H20N2O3/c1-9(2)7-16(8-13(15)18)14(19)11-5-4-10(3)6-12(11)17/h4-6,9,17H,7-8H2,1-3H3,(H2,15,18). The number of hydrogen-bond acceptors (Lipinski definition) is 3. The van der Waals surface area contributed by atoms with E-state index in [-0.39, 0.29) is 29.7 Å². The van der Waals surface area contributed by atoms with Crippen LogP contribution >= 0.6 is 0 Å². The molecule has 2 amide bonds. The van der Waals surface area contributed by atoms with Crippen molar-refractivity contribution in [1.82, 2.24) is 4.90 Å². The highest BCUT2D eigenvalue weighted by Gasteiger charge is 2.21. The highest BCUT2D eigenvalue weighted by atomic mass is 16.3. The predicted octanol–water partition coefficient (Wildman–Crippen LogP) is 1.28. The minimum atomic E-state index is -0.569. The average Bonchev–Trinajstić information content (AvgIpc) is 2.26. The van der Waals surface area contributed by atoms with E-state index in [1.165, 1.54) is 11.0 Å². The third-order valence-corrected chi connectivity index (χ3v) is 2.60. The zero-order valence-electron chi connectivity index (χ0n) is 11.5. The zero-order chi connectivity index (χ0) is 14.6. The number of nitrogens with zero attached hydrogens (tertiary/aromatic N) is 1. The first-order valence-corrected chi connectivity index (χ1v) is 6.18. The summed E-state index contributed by atoms with van der Waals surface area (Å²) in [6.07, 6.45) is 0. The van der Waals surface area contributed by atoms with Crippen LogP contribution < -0.4 is 5.73 Å². The number of primary amides is 1. The maximum atomic E-state index is 12.3. The van der Waals surface area contributed by atoms with Crippen LogP contribution in [-0.4, -0.2) is 34.9 Å². The number of phenols is 1. The summed E-state index contributed by atoms with van der Waals surface area (Å²) in [7, 11) is 0. The molecule has 19 heavy (non-hydrogen) atoms. The van der Waals surface area contributed by atoms with Gasteiger partial charge in [0.05, 0.1) is 12.1 Å². The lowest BCUT2D eigenvalue weighted by molar-refractivity contribution is -0.118. The highest BCUT2D eigenvalue weighted by molar-refractivity contribution is 5.98. The summed E-state index contributed by atoms with van der Waals surface area (Å²) in [6.45, 7) is 5.97. The topological polar surface area (TPSA) is 83.6 Å². The monoisotopic (exact) mass is 264 g/mol. The Hall–Kier alpha value is -2.04. The van der Waals surface area contributed by atoms with Gasteiger partial charge in [0.1, 0.15) is 5.75 Å².